The summed E-state index contributed by atoms with van der Waals surface area (Å²) in [5.74, 6) is 0.830. The predicted molar refractivity (Wildman–Crippen MR) is 92.3 cm³/mol. The first-order chi connectivity index (χ1) is 11.8. The first-order valence-corrected chi connectivity index (χ1v) is 8.85. The number of carbonyl (C=O) groups excluding carboxylic acids is 1. The second-order valence-electron chi connectivity index (χ2n) is 6.29. The molecule has 0 saturated carbocycles. The minimum absolute atomic E-state index is 0.0104. The second-order valence-corrected chi connectivity index (χ2v) is 6.29. The third kappa shape index (κ3) is 4.85. The minimum Gasteiger partial charge on any atom is -0.492 e. The standard InChI is InChI=1S/C18H27N3O3/c22-18(19-8-14-24-17-5-2-1-3-6-17)21-10-4-9-20(11-12-21)16-7-13-23-15-16/h1-3,5-6,16H,4,7-15H2,(H,19,22). The van der Waals surface area contributed by atoms with Crippen LogP contribution < -0.4 is 10.1 Å². The number of hydrogen-bond donors (Lipinski definition) is 1. The van der Waals surface area contributed by atoms with Gasteiger partial charge in [0.1, 0.15) is 12.4 Å². The Morgan fingerprint density at radius 1 is 1.21 bits per heavy atom. The number of carbonyl (C=O) groups is 1. The topological polar surface area (TPSA) is 54.0 Å². The summed E-state index contributed by atoms with van der Waals surface area (Å²) in [6, 6.07) is 10.2. The second kappa shape index (κ2) is 8.89. The molecule has 0 spiro atoms. The van der Waals surface area contributed by atoms with Crippen molar-refractivity contribution < 1.29 is 14.3 Å². The van der Waals surface area contributed by atoms with Crippen molar-refractivity contribution in [2.24, 2.45) is 0 Å². The van der Waals surface area contributed by atoms with Gasteiger partial charge in [-0.25, -0.2) is 4.79 Å². The highest BCUT2D eigenvalue weighted by Crippen LogP contribution is 2.15. The van der Waals surface area contributed by atoms with Gasteiger partial charge >= 0.3 is 6.03 Å². The van der Waals surface area contributed by atoms with Gasteiger partial charge in [0.25, 0.3) is 0 Å². The number of para-hydroxylation sites is 1. The van der Waals surface area contributed by atoms with E-state index in [0.717, 1.165) is 58.0 Å². The highest BCUT2D eigenvalue weighted by molar-refractivity contribution is 5.74. The maximum Gasteiger partial charge on any atom is 0.317 e. The van der Waals surface area contributed by atoms with E-state index in [1.165, 1.54) is 0 Å². The van der Waals surface area contributed by atoms with Crippen molar-refractivity contribution in [3.63, 3.8) is 0 Å². The van der Waals surface area contributed by atoms with Gasteiger partial charge in [-0.05, 0) is 25.0 Å². The highest BCUT2D eigenvalue weighted by atomic mass is 16.5. The van der Waals surface area contributed by atoms with Crippen molar-refractivity contribution in [2.45, 2.75) is 18.9 Å². The molecule has 0 radical (unpaired) electrons. The van der Waals surface area contributed by atoms with Gasteiger partial charge < -0.3 is 19.7 Å². The fourth-order valence-electron chi connectivity index (χ4n) is 3.27. The zero-order valence-corrected chi connectivity index (χ0v) is 14.2. The normalized spacial score (nSPS) is 22.2. The Morgan fingerprint density at radius 3 is 2.88 bits per heavy atom. The van der Waals surface area contributed by atoms with Gasteiger partial charge in [0.05, 0.1) is 13.2 Å². The van der Waals surface area contributed by atoms with Crippen molar-refractivity contribution >= 4 is 6.03 Å². The maximum absolute atomic E-state index is 12.3. The number of nitrogens with zero attached hydrogens (tertiary/aromatic N) is 2. The van der Waals surface area contributed by atoms with Crippen molar-refractivity contribution in [1.82, 2.24) is 15.1 Å². The molecule has 2 aliphatic heterocycles. The smallest absolute Gasteiger partial charge is 0.317 e. The lowest BCUT2D eigenvalue weighted by Gasteiger charge is -2.26. The fraction of sp³-hybridized carbons (Fsp3) is 0.611. The number of ether oxygens (including phenoxy) is 2. The number of benzene rings is 1. The molecule has 6 heteroatoms. The van der Waals surface area contributed by atoms with Gasteiger partial charge in [-0.1, -0.05) is 18.2 Å². The average molecular weight is 333 g/mol. The zero-order chi connectivity index (χ0) is 16.6. The summed E-state index contributed by atoms with van der Waals surface area (Å²) in [5.41, 5.74) is 0. The van der Waals surface area contributed by atoms with E-state index in [4.69, 9.17) is 9.47 Å². The van der Waals surface area contributed by atoms with Gasteiger partial charge in [-0.2, -0.15) is 0 Å². The number of hydrogen-bond acceptors (Lipinski definition) is 4. The number of amides is 2. The predicted octanol–water partition coefficient (Wildman–Crippen LogP) is 1.57. The molecule has 1 N–H and O–H groups in total. The first-order valence-electron chi connectivity index (χ1n) is 8.85. The van der Waals surface area contributed by atoms with E-state index in [1.807, 2.05) is 35.2 Å². The lowest BCUT2D eigenvalue weighted by molar-refractivity contribution is 0.145. The van der Waals surface area contributed by atoms with E-state index in [2.05, 4.69) is 10.2 Å². The number of urea groups is 1. The molecule has 1 unspecified atom stereocenters. The molecule has 0 aliphatic carbocycles. The van der Waals surface area contributed by atoms with E-state index < -0.39 is 0 Å². The van der Waals surface area contributed by atoms with E-state index in [1.54, 1.807) is 0 Å². The molecular weight excluding hydrogens is 306 g/mol. The molecule has 2 fully saturated rings. The SMILES string of the molecule is O=C(NCCOc1ccccc1)N1CCCN(C2CCOC2)CC1. The van der Waals surface area contributed by atoms with Gasteiger partial charge in [0.2, 0.25) is 0 Å². The van der Waals surface area contributed by atoms with Gasteiger partial charge in [0.15, 0.2) is 0 Å². The van der Waals surface area contributed by atoms with Crippen LogP contribution in [0.15, 0.2) is 30.3 Å². The van der Waals surface area contributed by atoms with Crippen molar-refractivity contribution in [3.05, 3.63) is 30.3 Å². The summed E-state index contributed by atoms with van der Waals surface area (Å²) in [7, 11) is 0. The molecule has 2 heterocycles. The molecule has 2 saturated heterocycles. The van der Waals surface area contributed by atoms with Crippen molar-refractivity contribution in [1.29, 1.82) is 0 Å². The van der Waals surface area contributed by atoms with Crippen LogP contribution in [-0.2, 0) is 4.74 Å². The Balaban J connectivity index is 1.35. The molecule has 0 aromatic heterocycles. The largest absolute Gasteiger partial charge is 0.492 e. The summed E-state index contributed by atoms with van der Waals surface area (Å²) in [5, 5.41) is 2.95. The molecule has 1 aromatic carbocycles. The lowest BCUT2D eigenvalue weighted by Crippen LogP contribution is -2.44. The molecule has 1 atom stereocenters. The van der Waals surface area contributed by atoms with Crippen LogP contribution in [0, 0.1) is 0 Å². The molecule has 24 heavy (non-hydrogen) atoms. The van der Waals surface area contributed by atoms with Crippen LogP contribution in [0.25, 0.3) is 0 Å². The molecule has 3 rings (SSSR count). The Kier molecular flexibility index (Phi) is 6.32. The van der Waals surface area contributed by atoms with Crippen LogP contribution in [0.4, 0.5) is 4.79 Å². The third-order valence-corrected chi connectivity index (χ3v) is 4.63. The summed E-state index contributed by atoms with van der Waals surface area (Å²) in [4.78, 5) is 16.7. The zero-order valence-electron chi connectivity index (χ0n) is 14.2. The Morgan fingerprint density at radius 2 is 2.08 bits per heavy atom. The summed E-state index contributed by atoms with van der Waals surface area (Å²) >= 11 is 0. The quantitative estimate of drug-likeness (QED) is 0.831. The lowest BCUT2D eigenvalue weighted by atomic mass is 10.2. The molecule has 132 valence electrons. The minimum atomic E-state index is 0.0104. The van der Waals surface area contributed by atoms with Crippen LogP contribution in [0.3, 0.4) is 0 Å². The number of nitrogens with one attached hydrogen (secondary N) is 1. The summed E-state index contributed by atoms with van der Waals surface area (Å²) < 4.78 is 11.1. The summed E-state index contributed by atoms with van der Waals surface area (Å²) in [6.45, 7) is 6.28. The Hall–Kier alpha value is -1.79. The molecule has 2 aliphatic rings. The van der Waals surface area contributed by atoms with Gasteiger partial charge in [0, 0.05) is 38.8 Å². The highest BCUT2D eigenvalue weighted by Gasteiger charge is 2.26. The van der Waals surface area contributed by atoms with Crippen LogP contribution in [0.1, 0.15) is 12.8 Å². The van der Waals surface area contributed by atoms with Gasteiger partial charge in [-0.3, -0.25) is 4.90 Å². The fourth-order valence-corrected chi connectivity index (χ4v) is 3.27. The molecular formula is C18H27N3O3. The Bertz CT molecular complexity index is 505. The van der Waals surface area contributed by atoms with E-state index >= 15 is 0 Å². The van der Waals surface area contributed by atoms with Crippen LogP contribution in [0.5, 0.6) is 5.75 Å². The third-order valence-electron chi connectivity index (χ3n) is 4.63. The summed E-state index contributed by atoms with van der Waals surface area (Å²) in [6.07, 6.45) is 2.13. The van der Waals surface area contributed by atoms with E-state index in [0.29, 0.717) is 19.2 Å². The van der Waals surface area contributed by atoms with Crippen LogP contribution >= 0.6 is 0 Å². The maximum atomic E-state index is 12.3. The first kappa shape index (κ1) is 17.0. The van der Waals surface area contributed by atoms with E-state index in [9.17, 15) is 4.79 Å². The van der Waals surface area contributed by atoms with Gasteiger partial charge in [-0.15, -0.1) is 0 Å². The molecule has 6 nitrogen and oxygen atoms in total. The van der Waals surface area contributed by atoms with Crippen LogP contribution in [0.2, 0.25) is 0 Å². The van der Waals surface area contributed by atoms with Crippen molar-refractivity contribution in [3.8, 4) is 5.75 Å². The molecule has 1 aromatic rings. The monoisotopic (exact) mass is 333 g/mol. The molecule has 2 amide bonds. The van der Waals surface area contributed by atoms with Crippen LogP contribution in [-0.4, -0.2) is 74.4 Å². The average Bonchev–Trinajstić information content (AvgIpc) is 3.04. The van der Waals surface area contributed by atoms with E-state index in [-0.39, 0.29) is 6.03 Å². The number of rotatable bonds is 5. The Labute approximate surface area is 143 Å². The van der Waals surface area contributed by atoms with Crippen molar-refractivity contribution in [2.75, 3.05) is 52.5 Å². The molecule has 0 bridgehead atoms.